The summed E-state index contributed by atoms with van der Waals surface area (Å²) in [6.07, 6.45) is 8.22. The van der Waals surface area contributed by atoms with E-state index in [0.717, 1.165) is 23.4 Å². The Bertz CT molecular complexity index is 1270. The van der Waals surface area contributed by atoms with E-state index in [-0.39, 0.29) is 11.3 Å². The maximum absolute atomic E-state index is 13.0. The van der Waals surface area contributed by atoms with Crippen LogP contribution < -0.4 is 10.6 Å². The van der Waals surface area contributed by atoms with Gasteiger partial charge in [-0.1, -0.05) is 32.0 Å². The quantitative estimate of drug-likeness (QED) is 0.360. The van der Waals surface area contributed by atoms with Crippen LogP contribution in [0.3, 0.4) is 0 Å². The first-order valence-corrected chi connectivity index (χ1v) is 13.2. The fourth-order valence-electron chi connectivity index (χ4n) is 6.64. The van der Waals surface area contributed by atoms with Crippen molar-refractivity contribution >= 4 is 29.1 Å². The summed E-state index contributed by atoms with van der Waals surface area (Å²) in [7, 11) is 1.33. The Morgan fingerprint density at radius 3 is 2.38 bits per heavy atom. The van der Waals surface area contributed by atoms with Gasteiger partial charge in [0.1, 0.15) is 11.4 Å². The number of esters is 1. The summed E-state index contributed by atoms with van der Waals surface area (Å²) in [6, 6.07) is 18.8. The van der Waals surface area contributed by atoms with E-state index in [1.807, 2.05) is 18.2 Å². The number of nitrogens with one attached hydrogen (secondary N) is 2. The molecule has 6 heteroatoms. The maximum atomic E-state index is 13.0. The number of hydrogen-bond donors (Lipinski definition) is 2. The molecule has 2 atom stereocenters. The number of carbonyl (C=O) groups excluding carboxylic acids is 2. The third kappa shape index (κ3) is 5.53. The van der Waals surface area contributed by atoms with Crippen molar-refractivity contribution in [2.75, 3.05) is 17.7 Å². The molecule has 2 saturated carbocycles. The second kappa shape index (κ2) is 10.4. The van der Waals surface area contributed by atoms with Gasteiger partial charge in [0.05, 0.1) is 7.11 Å². The van der Waals surface area contributed by atoms with Gasteiger partial charge in [-0.3, -0.25) is 4.79 Å². The summed E-state index contributed by atoms with van der Waals surface area (Å²) in [6.45, 7) is 4.82. The Kier molecular flexibility index (Phi) is 7.00. The van der Waals surface area contributed by atoms with Gasteiger partial charge in [0.2, 0.25) is 0 Å². The normalized spacial score (nSPS) is 24.7. The van der Waals surface area contributed by atoms with E-state index < -0.39 is 5.97 Å². The van der Waals surface area contributed by atoms with E-state index >= 15 is 0 Å². The van der Waals surface area contributed by atoms with Crippen LogP contribution in [0.2, 0.25) is 0 Å². The van der Waals surface area contributed by atoms with Crippen LogP contribution in [-0.4, -0.2) is 24.0 Å². The Balaban J connectivity index is 1.26. The Morgan fingerprint density at radius 1 is 0.946 bits per heavy atom. The molecular formula is C31H35N3O3. The molecule has 192 valence electrons. The Morgan fingerprint density at radius 2 is 1.68 bits per heavy atom. The lowest BCUT2D eigenvalue weighted by molar-refractivity contribution is 0.0601. The van der Waals surface area contributed by atoms with Crippen LogP contribution >= 0.6 is 0 Å². The molecule has 1 aromatic heterocycles. The summed E-state index contributed by atoms with van der Waals surface area (Å²) in [5.41, 5.74) is 3.84. The zero-order chi connectivity index (χ0) is 26.0. The molecule has 2 N–H and O–H groups in total. The first-order valence-electron chi connectivity index (χ1n) is 13.2. The van der Waals surface area contributed by atoms with Crippen LogP contribution in [0.4, 0.5) is 17.2 Å². The largest absolute Gasteiger partial charge is 0.465 e. The maximum Gasteiger partial charge on any atom is 0.341 e. The summed E-state index contributed by atoms with van der Waals surface area (Å²) < 4.78 is 4.84. The van der Waals surface area contributed by atoms with Crippen LogP contribution in [0.15, 0.2) is 66.9 Å². The molecule has 3 aromatic rings. The van der Waals surface area contributed by atoms with Crippen LogP contribution in [0, 0.1) is 17.8 Å². The molecule has 2 unspecified atom stereocenters. The van der Waals surface area contributed by atoms with Gasteiger partial charge in [0, 0.05) is 23.1 Å². The monoisotopic (exact) mass is 497 g/mol. The van der Waals surface area contributed by atoms with Crippen molar-refractivity contribution in [2.45, 2.75) is 51.4 Å². The number of benzene rings is 2. The molecule has 2 fully saturated rings. The zero-order valence-corrected chi connectivity index (χ0v) is 21.8. The smallest absolute Gasteiger partial charge is 0.341 e. The fourth-order valence-corrected chi connectivity index (χ4v) is 6.64. The van der Waals surface area contributed by atoms with E-state index in [2.05, 4.69) is 41.6 Å². The van der Waals surface area contributed by atoms with Crippen molar-refractivity contribution < 1.29 is 14.3 Å². The zero-order valence-electron chi connectivity index (χ0n) is 21.8. The van der Waals surface area contributed by atoms with Crippen molar-refractivity contribution in [1.82, 2.24) is 4.98 Å². The molecule has 0 aliphatic heterocycles. The van der Waals surface area contributed by atoms with E-state index in [0.29, 0.717) is 22.6 Å². The average molecular weight is 498 g/mol. The van der Waals surface area contributed by atoms with Gasteiger partial charge in [0.15, 0.2) is 0 Å². The van der Waals surface area contributed by atoms with Crippen molar-refractivity contribution in [1.29, 1.82) is 0 Å². The standard InChI is InChI=1S/C31H35N3O3/c1-20-14-21-16-22(15-20)19-31(2,18-21)24-9-11-25(12-10-24)34-29(35)23-6-4-7-26(17-23)33-28-27(30(36)37-3)8-5-13-32-28/h4-13,17,20-22H,14-16,18-19H2,1-3H3,(H,32,33)(H,34,35). The minimum absolute atomic E-state index is 0.196. The molecular weight excluding hydrogens is 462 g/mol. The molecule has 2 aliphatic rings. The van der Waals surface area contributed by atoms with Crippen molar-refractivity contribution in [2.24, 2.45) is 17.8 Å². The van der Waals surface area contributed by atoms with Gasteiger partial charge in [-0.25, -0.2) is 9.78 Å². The number of hydrogen-bond acceptors (Lipinski definition) is 5. The Hall–Kier alpha value is -3.67. The molecule has 37 heavy (non-hydrogen) atoms. The van der Waals surface area contributed by atoms with Crippen LogP contribution in [0.5, 0.6) is 0 Å². The molecule has 0 saturated heterocycles. The molecule has 2 aliphatic carbocycles. The second-order valence-electron chi connectivity index (χ2n) is 11.1. The molecule has 6 nitrogen and oxygen atoms in total. The van der Waals surface area contributed by atoms with E-state index in [1.165, 1.54) is 44.8 Å². The van der Waals surface area contributed by atoms with Crippen LogP contribution in [0.1, 0.15) is 72.2 Å². The van der Waals surface area contributed by atoms with Crippen molar-refractivity contribution in [3.8, 4) is 0 Å². The van der Waals surface area contributed by atoms with Gasteiger partial charge in [0.25, 0.3) is 5.91 Å². The second-order valence-corrected chi connectivity index (χ2v) is 11.1. The summed E-state index contributed by atoms with van der Waals surface area (Å²) >= 11 is 0. The highest BCUT2D eigenvalue weighted by atomic mass is 16.5. The molecule has 5 rings (SSSR count). The van der Waals surface area contributed by atoms with Gasteiger partial charge in [-0.2, -0.15) is 0 Å². The van der Waals surface area contributed by atoms with Gasteiger partial charge < -0.3 is 15.4 Å². The number of anilines is 3. The fraction of sp³-hybridized carbons (Fsp3) is 0.387. The third-order valence-corrected chi connectivity index (χ3v) is 8.06. The number of rotatable bonds is 6. The van der Waals surface area contributed by atoms with Gasteiger partial charge in [-0.15, -0.1) is 0 Å². The number of nitrogens with zero attached hydrogens (tertiary/aromatic N) is 1. The van der Waals surface area contributed by atoms with E-state index in [9.17, 15) is 9.59 Å². The third-order valence-electron chi connectivity index (χ3n) is 8.06. The van der Waals surface area contributed by atoms with Gasteiger partial charge in [-0.05, 0) is 103 Å². The Labute approximate surface area is 218 Å². The minimum atomic E-state index is -0.479. The number of ether oxygens (including phenoxy) is 1. The summed E-state index contributed by atoms with van der Waals surface area (Å²) in [5, 5.41) is 6.14. The van der Waals surface area contributed by atoms with E-state index in [1.54, 1.807) is 36.5 Å². The highest BCUT2D eigenvalue weighted by Gasteiger charge is 2.41. The topological polar surface area (TPSA) is 80.3 Å². The molecule has 0 radical (unpaired) electrons. The highest BCUT2D eigenvalue weighted by molar-refractivity contribution is 6.05. The molecule has 1 amide bonds. The van der Waals surface area contributed by atoms with Crippen LogP contribution in [-0.2, 0) is 10.2 Å². The summed E-state index contributed by atoms with van der Waals surface area (Å²) in [4.78, 5) is 29.3. The number of amides is 1. The first kappa shape index (κ1) is 25.0. The summed E-state index contributed by atoms with van der Waals surface area (Å²) in [5.74, 6) is 2.23. The van der Waals surface area contributed by atoms with E-state index in [4.69, 9.17) is 4.74 Å². The molecule has 1 heterocycles. The average Bonchev–Trinajstić information content (AvgIpc) is 2.88. The highest BCUT2D eigenvalue weighted by Crippen LogP contribution is 2.51. The number of pyridine rings is 1. The predicted octanol–water partition coefficient (Wildman–Crippen LogP) is 6.97. The minimum Gasteiger partial charge on any atom is -0.465 e. The molecule has 0 spiro atoms. The molecule has 2 aromatic carbocycles. The number of fused-ring (bicyclic) bond motifs is 2. The van der Waals surface area contributed by atoms with Crippen molar-refractivity contribution in [3.63, 3.8) is 0 Å². The number of carbonyl (C=O) groups is 2. The lowest BCUT2D eigenvalue weighted by Crippen LogP contribution is -2.38. The number of methoxy groups -OCH3 is 1. The molecule has 2 bridgehead atoms. The van der Waals surface area contributed by atoms with Crippen LogP contribution in [0.25, 0.3) is 0 Å². The lowest BCUT2D eigenvalue weighted by Gasteiger charge is -2.47. The van der Waals surface area contributed by atoms with Crippen molar-refractivity contribution in [3.05, 3.63) is 83.6 Å². The SMILES string of the molecule is COC(=O)c1cccnc1Nc1cccc(C(=O)Nc2ccc(C3(C)CC4CC(C)CC(C4)C3)cc2)c1. The number of aromatic nitrogens is 1. The first-order chi connectivity index (χ1) is 17.8. The predicted molar refractivity (Wildman–Crippen MR) is 146 cm³/mol. The van der Waals surface area contributed by atoms with Gasteiger partial charge >= 0.3 is 5.97 Å². The lowest BCUT2D eigenvalue weighted by atomic mass is 9.57.